The van der Waals surface area contributed by atoms with Crippen LogP contribution in [0.5, 0.6) is 0 Å². The van der Waals surface area contributed by atoms with Gasteiger partial charge in [0.05, 0.1) is 29.6 Å². The fourth-order valence-electron chi connectivity index (χ4n) is 14.4. The van der Waals surface area contributed by atoms with Crippen molar-refractivity contribution in [3.05, 3.63) is 12.2 Å². The van der Waals surface area contributed by atoms with E-state index in [1.54, 1.807) is 0 Å². The number of carboxylic acids is 2. The summed E-state index contributed by atoms with van der Waals surface area (Å²) in [6, 6.07) is 0. The van der Waals surface area contributed by atoms with Crippen LogP contribution in [0.4, 0.5) is 0 Å². The van der Waals surface area contributed by atoms with Crippen LogP contribution >= 0.6 is 0 Å². The topological polar surface area (TPSA) is 161 Å². The van der Waals surface area contributed by atoms with Crippen molar-refractivity contribution in [2.45, 2.75) is 157 Å². The van der Waals surface area contributed by atoms with E-state index in [1.165, 1.54) is 0 Å². The Balaban J connectivity index is 1.43. The molecule has 12 unspecified atom stereocenters. The highest BCUT2D eigenvalue weighted by Crippen LogP contribution is 2.79. The molecule has 5 saturated carbocycles. The van der Waals surface area contributed by atoms with Gasteiger partial charge in [0.1, 0.15) is 0 Å². The Labute approximate surface area is 333 Å². The summed E-state index contributed by atoms with van der Waals surface area (Å²) in [7, 11) is 0. The second-order valence-electron chi connectivity index (χ2n) is 19.7. The van der Waals surface area contributed by atoms with Crippen LogP contribution in [0.2, 0.25) is 0 Å². The number of carbonyl (C=O) groups excluding carboxylic acids is 4. The van der Waals surface area contributed by atoms with E-state index in [0.29, 0.717) is 32.1 Å². The van der Waals surface area contributed by atoms with Crippen LogP contribution in [-0.2, 0) is 38.2 Å². The lowest BCUT2D eigenvalue weighted by molar-refractivity contribution is -0.268. The maximum atomic E-state index is 14.2. The Morgan fingerprint density at radius 1 is 0.875 bits per heavy atom. The molecule has 2 saturated heterocycles. The molecule has 5 aliphatic carbocycles. The number of hydrogen-bond acceptors (Lipinski definition) is 8. The van der Waals surface area contributed by atoms with Gasteiger partial charge in [0.15, 0.2) is 0 Å². The molecule has 7 aliphatic rings. The van der Waals surface area contributed by atoms with E-state index in [-0.39, 0.29) is 65.6 Å². The van der Waals surface area contributed by atoms with Gasteiger partial charge in [-0.15, -0.1) is 0 Å². The summed E-state index contributed by atoms with van der Waals surface area (Å²) in [6.07, 6.45) is 19.0. The minimum absolute atomic E-state index is 0.00388. The van der Waals surface area contributed by atoms with Gasteiger partial charge in [-0.3, -0.25) is 28.8 Å². The van der Waals surface area contributed by atoms with Crippen LogP contribution < -0.4 is 0 Å². The summed E-state index contributed by atoms with van der Waals surface area (Å²) >= 11 is 0. The van der Waals surface area contributed by atoms with Crippen LogP contribution in [0.25, 0.3) is 0 Å². The third-order valence-corrected chi connectivity index (χ3v) is 16.5. The molecule has 2 N–H and O–H groups in total. The van der Waals surface area contributed by atoms with Crippen molar-refractivity contribution in [3.8, 4) is 0 Å². The molecule has 312 valence electrons. The molecular formula is C46H68O10. The molecule has 13 atom stereocenters. The maximum absolute atomic E-state index is 14.2. The normalized spacial score (nSPS) is 38.6. The van der Waals surface area contributed by atoms with Crippen molar-refractivity contribution in [1.29, 1.82) is 0 Å². The van der Waals surface area contributed by atoms with Crippen LogP contribution in [0.3, 0.4) is 0 Å². The summed E-state index contributed by atoms with van der Waals surface area (Å²) in [5.41, 5.74) is -1.79. The van der Waals surface area contributed by atoms with Crippen molar-refractivity contribution in [1.82, 2.24) is 0 Å². The summed E-state index contributed by atoms with van der Waals surface area (Å²) < 4.78 is 10.8. The fourth-order valence-corrected chi connectivity index (χ4v) is 14.4. The zero-order valence-corrected chi connectivity index (χ0v) is 34.6. The van der Waals surface area contributed by atoms with Gasteiger partial charge in [-0.05, 0) is 129 Å². The van der Waals surface area contributed by atoms with Gasteiger partial charge < -0.3 is 19.7 Å². The largest absolute Gasteiger partial charge is 0.481 e. The molecule has 10 nitrogen and oxygen atoms in total. The second kappa shape index (κ2) is 17.1. The molecule has 0 aromatic heterocycles. The quantitative estimate of drug-likeness (QED) is 0.0560. The summed E-state index contributed by atoms with van der Waals surface area (Å²) in [6.45, 7) is 10.9. The highest BCUT2D eigenvalue weighted by Gasteiger charge is 2.78. The number of cyclic esters (lactones) is 4. The molecule has 7 rings (SSSR count). The number of hydrogen-bond donors (Lipinski definition) is 2. The van der Waals surface area contributed by atoms with Gasteiger partial charge in [0, 0.05) is 6.42 Å². The molecular weight excluding hydrogens is 712 g/mol. The molecule has 0 radical (unpaired) electrons. The van der Waals surface area contributed by atoms with Gasteiger partial charge in [-0.2, -0.15) is 0 Å². The zero-order valence-electron chi connectivity index (χ0n) is 34.6. The molecule has 0 amide bonds. The molecule has 2 bridgehead atoms. The lowest BCUT2D eigenvalue weighted by atomic mass is 9.29. The van der Waals surface area contributed by atoms with Crippen molar-refractivity contribution in [3.63, 3.8) is 0 Å². The van der Waals surface area contributed by atoms with Gasteiger partial charge >= 0.3 is 35.8 Å². The van der Waals surface area contributed by atoms with E-state index in [4.69, 9.17) is 14.6 Å². The molecule has 10 heteroatoms. The van der Waals surface area contributed by atoms with E-state index >= 15 is 0 Å². The third kappa shape index (κ3) is 7.53. The Bertz CT molecular complexity index is 1550. The van der Waals surface area contributed by atoms with E-state index in [2.05, 4.69) is 39.8 Å². The number of ether oxygens (including phenoxy) is 2. The van der Waals surface area contributed by atoms with Gasteiger partial charge in [0.25, 0.3) is 0 Å². The van der Waals surface area contributed by atoms with E-state index in [9.17, 15) is 33.9 Å². The summed E-state index contributed by atoms with van der Waals surface area (Å²) in [5, 5.41) is 19.8. The fraction of sp³-hybridized carbons (Fsp3) is 0.826. The minimum Gasteiger partial charge on any atom is -0.481 e. The first kappa shape index (κ1) is 42.6. The standard InChI is InChI=1S/C46H68O10/c1-6-7-8-10-14-18-29(24-28(30-26-35(49)55-40(30)50)17-13-11-9-12-15-19-34(47)48)38-36(27(2)3)31-25-33-44(4)21-16-22-45(5,43(53)54)32(44)20-23-46(33,38)39-37(31)41(51)56-42(39)52/h14,18,27-33,36-39H,6-13,15-17,19-26H2,1-5H3,(H,47,48)(H,53,54)/b18-14+/t28?,29?,30?,31?,32?,33?,36?,37?,38-,39?,44?,45?,46?/m1/s1. The van der Waals surface area contributed by atoms with Crippen molar-refractivity contribution >= 4 is 35.8 Å². The van der Waals surface area contributed by atoms with Gasteiger partial charge in [-0.25, -0.2) is 0 Å². The number of aliphatic carboxylic acids is 2. The average molecular weight is 781 g/mol. The predicted octanol–water partition coefficient (Wildman–Crippen LogP) is 9.18. The number of rotatable bonds is 19. The zero-order chi connectivity index (χ0) is 40.6. The first-order valence-corrected chi connectivity index (χ1v) is 22.2. The summed E-state index contributed by atoms with van der Waals surface area (Å²) in [4.78, 5) is 78.1. The van der Waals surface area contributed by atoms with Gasteiger partial charge in [-0.1, -0.05) is 84.8 Å². The lowest BCUT2D eigenvalue weighted by Gasteiger charge is -2.74. The second-order valence-corrected chi connectivity index (χ2v) is 19.7. The predicted molar refractivity (Wildman–Crippen MR) is 208 cm³/mol. The third-order valence-electron chi connectivity index (χ3n) is 16.5. The number of esters is 4. The molecule has 0 aromatic rings. The molecule has 0 aromatic carbocycles. The number of unbranched alkanes of at least 4 members (excludes halogenated alkanes) is 7. The highest BCUT2D eigenvalue weighted by molar-refractivity contribution is 5.98. The SMILES string of the molecule is CCCCC/C=C/C(CC(CCCCCCCC(=O)O)C1CC(=O)OC1=O)[C@@H]1C(C(C)C)C2CC3C4(C)CCCC(C)(C(=O)O)C4CCC31C1C(=O)OC(=O)C21. The van der Waals surface area contributed by atoms with Crippen LogP contribution in [0.15, 0.2) is 12.2 Å². The highest BCUT2D eigenvalue weighted by atomic mass is 16.6. The lowest BCUT2D eigenvalue weighted by Crippen LogP contribution is -2.71. The van der Waals surface area contributed by atoms with Crippen molar-refractivity contribution in [2.24, 2.45) is 81.3 Å². The van der Waals surface area contributed by atoms with E-state index in [0.717, 1.165) is 77.0 Å². The minimum atomic E-state index is -0.865. The first-order valence-electron chi connectivity index (χ1n) is 22.2. The average Bonchev–Trinajstić information content (AvgIpc) is 3.65. The molecule has 2 heterocycles. The van der Waals surface area contributed by atoms with E-state index in [1.807, 2.05) is 6.92 Å². The van der Waals surface area contributed by atoms with E-state index < -0.39 is 64.4 Å². The Kier molecular flexibility index (Phi) is 13.0. The van der Waals surface area contributed by atoms with Crippen LogP contribution in [0.1, 0.15) is 157 Å². The Hall–Kier alpha value is -3.04. The number of carbonyl (C=O) groups is 6. The number of allylic oxidation sites excluding steroid dienone is 2. The molecule has 56 heavy (non-hydrogen) atoms. The smallest absolute Gasteiger partial charge is 0.318 e. The van der Waals surface area contributed by atoms with Crippen LogP contribution in [-0.4, -0.2) is 46.0 Å². The van der Waals surface area contributed by atoms with Crippen LogP contribution in [0, 0.1) is 81.3 Å². The Morgan fingerprint density at radius 3 is 2.27 bits per heavy atom. The number of fused-ring (bicyclic) bond motifs is 2. The number of carboxylic acid groups (broad SMARTS) is 2. The van der Waals surface area contributed by atoms with Gasteiger partial charge in [0.2, 0.25) is 0 Å². The van der Waals surface area contributed by atoms with Crippen molar-refractivity contribution < 1.29 is 48.5 Å². The van der Waals surface area contributed by atoms with Crippen molar-refractivity contribution in [2.75, 3.05) is 0 Å². The summed E-state index contributed by atoms with van der Waals surface area (Å²) in [5.74, 6) is -4.86. The molecule has 7 fully saturated rings. The maximum Gasteiger partial charge on any atom is 0.318 e. The molecule has 1 spiro atoms. The monoisotopic (exact) mass is 780 g/mol. The molecule has 2 aliphatic heterocycles. The first-order chi connectivity index (χ1) is 26.6. The Morgan fingerprint density at radius 2 is 1.61 bits per heavy atom.